The van der Waals surface area contributed by atoms with Crippen LogP contribution in [0.15, 0.2) is 84.9 Å². The second kappa shape index (κ2) is 5.23. The molecule has 0 bridgehead atoms. The van der Waals surface area contributed by atoms with Gasteiger partial charge in [-0.25, -0.2) is 9.13 Å². The fourth-order valence-corrected chi connectivity index (χ4v) is 7.00. The molecule has 0 N–H and O–H groups in total. The van der Waals surface area contributed by atoms with Crippen LogP contribution in [0.25, 0.3) is 44.8 Å². The summed E-state index contributed by atoms with van der Waals surface area (Å²) in [5, 5.41) is 0. The van der Waals surface area contributed by atoms with Crippen molar-refractivity contribution >= 4 is 22.1 Å². The van der Waals surface area contributed by atoms with E-state index in [-0.39, 0.29) is 0 Å². The van der Waals surface area contributed by atoms with Crippen molar-refractivity contribution in [3.05, 3.63) is 96.1 Å². The van der Waals surface area contributed by atoms with Crippen LogP contribution in [0.1, 0.15) is 11.1 Å². The highest BCUT2D eigenvalue weighted by Gasteiger charge is 2.68. The molecule has 0 atom stereocenters. The van der Waals surface area contributed by atoms with Gasteiger partial charge in [-0.3, -0.25) is 0 Å². The zero-order chi connectivity index (χ0) is 22.3. The third kappa shape index (κ3) is 1.52. The zero-order valence-corrected chi connectivity index (χ0v) is 18.8. The van der Waals surface area contributed by atoms with Crippen LogP contribution in [0.5, 0.6) is 11.5 Å². The van der Waals surface area contributed by atoms with Crippen molar-refractivity contribution in [2.24, 2.45) is 14.1 Å². The van der Waals surface area contributed by atoms with E-state index in [1.807, 2.05) is 0 Å². The van der Waals surface area contributed by atoms with Crippen molar-refractivity contribution < 1.29 is 13.9 Å². The number of benzene rings is 4. The molecule has 5 heteroatoms. The minimum atomic E-state index is -0.553. The van der Waals surface area contributed by atoms with Crippen LogP contribution < -0.4 is 13.9 Å². The Morgan fingerprint density at radius 1 is 0.588 bits per heavy atom. The first-order valence-corrected chi connectivity index (χ1v) is 11.7. The number of rotatable bonds is 0. The molecule has 0 radical (unpaired) electrons. The van der Waals surface area contributed by atoms with Crippen LogP contribution in [-0.2, 0) is 19.8 Å². The quantitative estimate of drug-likeness (QED) is 0.317. The lowest BCUT2D eigenvalue weighted by Crippen LogP contribution is -2.41. The number of aryl methyl sites for hydroxylation is 2. The number of para-hydroxylation sites is 4. The standard InChI is InChI=1S/C29H20N4O/c1-30-19-11-3-5-13-21(19)32-27(30)17-9-7-15-23-25(17)29(32)26-18(10-8-16-24(26)34-23)28-31(2)20-12-4-6-14-22(20)33(28)29/h3-16H,1-2H3/q+2. The topological polar surface area (TPSA) is 26.8 Å². The molecule has 160 valence electrons. The molecule has 0 amide bonds. The van der Waals surface area contributed by atoms with Gasteiger partial charge in [0, 0.05) is 0 Å². The third-order valence-corrected chi connectivity index (χ3v) is 8.13. The van der Waals surface area contributed by atoms with Crippen molar-refractivity contribution in [3.63, 3.8) is 0 Å². The third-order valence-electron chi connectivity index (χ3n) is 8.13. The number of hydrogen-bond donors (Lipinski definition) is 0. The van der Waals surface area contributed by atoms with E-state index in [0.717, 1.165) is 11.5 Å². The molecule has 0 fully saturated rings. The number of ether oxygens (including phenoxy) is 1. The fourth-order valence-electron chi connectivity index (χ4n) is 7.00. The normalized spacial score (nSPS) is 15.2. The molecule has 5 nitrogen and oxygen atoms in total. The van der Waals surface area contributed by atoms with Crippen LogP contribution in [0.3, 0.4) is 0 Å². The van der Waals surface area contributed by atoms with Gasteiger partial charge in [-0.2, -0.15) is 9.13 Å². The second-order valence-electron chi connectivity index (χ2n) is 9.55. The van der Waals surface area contributed by atoms with E-state index in [1.165, 1.54) is 56.0 Å². The van der Waals surface area contributed by atoms with Crippen LogP contribution in [0.2, 0.25) is 0 Å². The first-order chi connectivity index (χ1) is 16.7. The highest BCUT2D eigenvalue weighted by Crippen LogP contribution is 2.63. The van der Waals surface area contributed by atoms with Gasteiger partial charge in [0.2, 0.25) is 0 Å². The Morgan fingerprint density at radius 3 is 1.56 bits per heavy atom. The number of hydrogen-bond acceptors (Lipinski definition) is 1. The lowest BCUT2D eigenvalue weighted by Gasteiger charge is -2.30. The Morgan fingerprint density at radius 2 is 1.06 bits per heavy atom. The fraction of sp³-hybridized carbons (Fsp3) is 0.103. The molecule has 1 spiro atoms. The van der Waals surface area contributed by atoms with Gasteiger partial charge in [0.05, 0.1) is 25.2 Å². The van der Waals surface area contributed by atoms with Gasteiger partial charge in [0.15, 0.2) is 22.1 Å². The molecule has 6 aromatic rings. The van der Waals surface area contributed by atoms with Gasteiger partial charge >= 0.3 is 5.66 Å². The number of fused-ring (bicyclic) bond motifs is 8. The van der Waals surface area contributed by atoms with Crippen molar-refractivity contribution in [2.75, 3.05) is 0 Å². The van der Waals surface area contributed by atoms with Crippen molar-refractivity contribution in [2.45, 2.75) is 5.66 Å². The van der Waals surface area contributed by atoms with Crippen molar-refractivity contribution in [1.82, 2.24) is 9.13 Å². The van der Waals surface area contributed by atoms with Gasteiger partial charge in [0.1, 0.15) is 22.6 Å². The zero-order valence-electron chi connectivity index (χ0n) is 18.8. The molecule has 0 saturated heterocycles. The summed E-state index contributed by atoms with van der Waals surface area (Å²) in [6, 6.07) is 30.5. The average molecular weight is 441 g/mol. The maximum atomic E-state index is 6.61. The highest BCUT2D eigenvalue weighted by molar-refractivity contribution is 5.92. The summed E-state index contributed by atoms with van der Waals surface area (Å²) in [5.74, 6) is 4.28. The summed E-state index contributed by atoms with van der Waals surface area (Å²) in [6.07, 6.45) is 0. The Hall–Kier alpha value is -4.38. The van der Waals surface area contributed by atoms with Crippen LogP contribution in [0.4, 0.5) is 0 Å². The smallest absolute Gasteiger partial charge is 0.316 e. The Balaban J connectivity index is 1.65. The molecular formula is C29H20N4O+2. The van der Waals surface area contributed by atoms with Gasteiger partial charge in [0.25, 0.3) is 11.6 Å². The molecule has 5 heterocycles. The van der Waals surface area contributed by atoms with Crippen LogP contribution in [-0.4, -0.2) is 9.13 Å². The maximum Gasteiger partial charge on any atom is 0.316 e. The molecule has 0 saturated carbocycles. The molecule has 34 heavy (non-hydrogen) atoms. The van der Waals surface area contributed by atoms with Gasteiger partial charge in [-0.15, -0.1) is 0 Å². The average Bonchev–Trinajstić information content (AvgIpc) is 3.55. The predicted molar refractivity (Wildman–Crippen MR) is 129 cm³/mol. The molecule has 4 aromatic carbocycles. The Kier molecular flexibility index (Phi) is 2.64. The summed E-state index contributed by atoms with van der Waals surface area (Å²) in [6.45, 7) is 0. The van der Waals surface area contributed by atoms with Crippen molar-refractivity contribution in [1.29, 1.82) is 0 Å². The molecule has 2 aromatic heterocycles. The summed E-state index contributed by atoms with van der Waals surface area (Å²) >= 11 is 0. The first kappa shape index (κ1) is 17.1. The van der Waals surface area contributed by atoms with E-state index in [1.54, 1.807) is 0 Å². The van der Waals surface area contributed by atoms with E-state index in [0.29, 0.717) is 0 Å². The Bertz CT molecular complexity index is 1780. The largest absolute Gasteiger partial charge is 0.456 e. The molecular weight excluding hydrogens is 420 g/mol. The highest BCUT2D eigenvalue weighted by atomic mass is 16.5. The summed E-state index contributed by atoms with van der Waals surface area (Å²) in [4.78, 5) is 0. The Labute approximate surface area is 195 Å². The molecule has 3 aliphatic heterocycles. The second-order valence-corrected chi connectivity index (χ2v) is 9.55. The van der Waals surface area contributed by atoms with E-state index < -0.39 is 5.66 Å². The van der Waals surface area contributed by atoms with E-state index in [9.17, 15) is 0 Å². The first-order valence-electron chi connectivity index (χ1n) is 11.7. The SMILES string of the molecule is C[n+]1c2n(c3ccccc31)C13c4c(cccc4-2)Oc2cccc(c21)-c1n3c2ccccc2[n+]1C. The van der Waals surface area contributed by atoms with Crippen molar-refractivity contribution in [3.8, 4) is 34.3 Å². The van der Waals surface area contributed by atoms with Crippen LogP contribution in [0, 0.1) is 0 Å². The minimum absolute atomic E-state index is 0.553. The maximum absolute atomic E-state index is 6.61. The van der Waals surface area contributed by atoms with E-state index in [2.05, 4.69) is 117 Å². The van der Waals surface area contributed by atoms with E-state index >= 15 is 0 Å². The summed E-state index contributed by atoms with van der Waals surface area (Å²) in [7, 11) is 4.36. The number of aromatic nitrogens is 4. The molecule has 9 rings (SSSR count). The monoisotopic (exact) mass is 440 g/mol. The van der Waals surface area contributed by atoms with Gasteiger partial charge in [-0.1, -0.05) is 36.4 Å². The van der Waals surface area contributed by atoms with Gasteiger partial charge < -0.3 is 4.74 Å². The number of nitrogens with zero attached hydrogens (tertiary/aromatic N) is 4. The molecule has 0 unspecified atom stereocenters. The lowest BCUT2D eigenvalue weighted by molar-refractivity contribution is -0.634. The van der Waals surface area contributed by atoms with Gasteiger partial charge in [-0.05, 0) is 48.5 Å². The van der Waals surface area contributed by atoms with Crippen LogP contribution >= 0.6 is 0 Å². The minimum Gasteiger partial charge on any atom is -0.456 e. The lowest BCUT2D eigenvalue weighted by atomic mass is 9.86. The molecule has 0 aliphatic carbocycles. The summed E-state index contributed by atoms with van der Waals surface area (Å²) in [5.41, 5.74) is 9.25. The van der Waals surface area contributed by atoms with E-state index in [4.69, 9.17) is 4.74 Å². The summed E-state index contributed by atoms with van der Waals surface area (Å²) < 4.78 is 16.4. The predicted octanol–water partition coefficient (Wildman–Crippen LogP) is 4.61. The molecule has 3 aliphatic rings. The number of imidazole rings is 2.